The van der Waals surface area contributed by atoms with Gasteiger partial charge < -0.3 is 14.8 Å². The van der Waals surface area contributed by atoms with Gasteiger partial charge >= 0.3 is 5.97 Å². The summed E-state index contributed by atoms with van der Waals surface area (Å²) in [6.45, 7) is 0. The topological polar surface area (TPSA) is 79.5 Å². The van der Waals surface area contributed by atoms with Crippen molar-refractivity contribution in [3.05, 3.63) is 124 Å². The van der Waals surface area contributed by atoms with Crippen molar-refractivity contribution < 1.29 is 19.1 Å². The van der Waals surface area contributed by atoms with Gasteiger partial charge in [0.25, 0.3) is 0 Å². The average Bonchev–Trinajstić information content (AvgIpc) is 3.33. The number of aromatic carboxylic acids is 1. The van der Waals surface area contributed by atoms with Crippen molar-refractivity contribution in [1.29, 1.82) is 0 Å². The summed E-state index contributed by atoms with van der Waals surface area (Å²) in [5.41, 5.74) is 4.40. The number of halogens is 1. The van der Waals surface area contributed by atoms with E-state index in [1.54, 1.807) is 24.3 Å². The van der Waals surface area contributed by atoms with Gasteiger partial charge in [-0.1, -0.05) is 58.4 Å². The fraction of sp³-hybridized carbons (Fsp3) is 0.0667. The van der Waals surface area contributed by atoms with Crippen LogP contribution in [0.5, 0.6) is 0 Å². The first-order valence-corrected chi connectivity index (χ1v) is 12.2. The molecule has 2 N–H and O–H groups in total. The van der Waals surface area contributed by atoms with Gasteiger partial charge in [0.2, 0.25) is 5.91 Å². The molecule has 0 aliphatic heterocycles. The zero-order valence-corrected chi connectivity index (χ0v) is 20.7. The largest absolute Gasteiger partial charge is 0.478 e. The molecule has 0 spiro atoms. The lowest BCUT2D eigenvalue weighted by molar-refractivity contribution is -0.117. The Balaban J connectivity index is 1.36. The van der Waals surface area contributed by atoms with E-state index in [2.05, 4.69) is 21.2 Å². The molecule has 0 saturated heterocycles. The number of hydrogen-bond acceptors (Lipinski definition) is 3. The maximum atomic E-state index is 13.4. The van der Waals surface area contributed by atoms with E-state index in [1.807, 2.05) is 78.9 Å². The maximum Gasteiger partial charge on any atom is 0.335 e. The molecule has 6 heteroatoms. The summed E-state index contributed by atoms with van der Waals surface area (Å²) < 4.78 is 6.87. The number of para-hydroxylation sites is 1. The Kier molecular flexibility index (Phi) is 6.69. The number of carboxylic acid groups (broad SMARTS) is 1. The van der Waals surface area contributed by atoms with Gasteiger partial charge in [0, 0.05) is 21.1 Å². The molecule has 1 heterocycles. The van der Waals surface area contributed by atoms with Crippen LogP contribution in [0.3, 0.4) is 0 Å². The molecule has 36 heavy (non-hydrogen) atoms. The second-order valence-corrected chi connectivity index (χ2v) is 9.44. The lowest BCUT2D eigenvalue weighted by Crippen LogP contribution is -2.23. The molecule has 0 fully saturated rings. The Morgan fingerprint density at radius 3 is 2.22 bits per heavy atom. The number of fused-ring (bicyclic) bond motifs is 1. The third-order valence-electron chi connectivity index (χ3n) is 6.09. The normalized spacial score (nSPS) is 11.8. The van der Waals surface area contributed by atoms with Crippen molar-refractivity contribution in [3.63, 3.8) is 0 Å². The quantitative estimate of drug-likeness (QED) is 0.224. The lowest BCUT2D eigenvalue weighted by atomic mass is 9.90. The molecule has 0 saturated carbocycles. The highest BCUT2D eigenvalue weighted by atomic mass is 79.9. The van der Waals surface area contributed by atoms with Gasteiger partial charge in [-0.15, -0.1) is 0 Å². The van der Waals surface area contributed by atoms with E-state index in [4.69, 9.17) is 9.52 Å². The summed E-state index contributed by atoms with van der Waals surface area (Å²) >= 11 is 3.45. The van der Waals surface area contributed by atoms with Crippen LogP contribution < -0.4 is 5.32 Å². The monoisotopic (exact) mass is 539 g/mol. The van der Waals surface area contributed by atoms with Crippen molar-refractivity contribution in [3.8, 4) is 11.3 Å². The summed E-state index contributed by atoms with van der Waals surface area (Å²) in [4.78, 5) is 24.6. The summed E-state index contributed by atoms with van der Waals surface area (Å²) in [5.74, 6) is -0.804. The van der Waals surface area contributed by atoms with Gasteiger partial charge in [-0.3, -0.25) is 4.79 Å². The Hall–Kier alpha value is -4.16. The first-order valence-electron chi connectivity index (χ1n) is 11.4. The first kappa shape index (κ1) is 23.6. The average molecular weight is 540 g/mol. The molecule has 1 amide bonds. The molecule has 4 aromatic carbocycles. The van der Waals surface area contributed by atoms with Crippen LogP contribution in [0.1, 0.15) is 27.4 Å². The molecular weight excluding hydrogens is 518 g/mol. The zero-order chi connectivity index (χ0) is 25.1. The minimum absolute atomic E-state index is 0.142. The Labute approximate surface area is 216 Å². The maximum absolute atomic E-state index is 13.4. The highest BCUT2D eigenvalue weighted by Crippen LogP contribution is 2.29. The Morgan fingerprint density at radius 1 is 0.861 bits per heavy atom. The van der Waals surface area contributed by atoms with Crippen LogP contribution in [0.15, 0.2) is 112 Å². The first-order chi connectivity index (χ1) is 17.5. The summed E-state index contributed by atoms with van der Waals surface area (Å²) in [6, 6.07) is 31.7. The number of carbonyl (C=O) groups excluding carboxylic acids is 1. The molecule has 1 aromatic heterocycles. The van der Waals surface area contributed by atoms with Gasteiger partial charge in [-0.05, 0) is 78.2 Å². The molecule has 0 aliphatic carbocycles. The minimum Gasteiger partial charge on any atom is -0.478 e. The van der Waals surface area contributed by atoms with Gasteiger partial charge in [0.05, 0.1) is 11.5 Å². The van der Waals surface area contributed by atoms with Crippen molar-refractivity contribution >= 4 is 44.5 Å². The number of carbonyl (C=O) groups is 2. The molecule has 178 valence electrons. The number of anilines is 1. The number of benzene rings is 4. The molecule has 5 nitrogen and oxygen atoms in total. The third kappa shape index (κ3) is 5.24. The SMILES string of the molecule is O=C(O)c1ccc(CC(C(=O)Nc2ccc(-c3cc4ccccc4o3)cc2)c2ccc(Br)cc2)cc1. The predicted molar refractivity (Wildman–Crippen MR) is 144 cm³/mol. The van der Waals surface area contributed by atoms with Gasteiger partial charge in [0.1, 0.15) is 11.3 Å². The molecule has 1 atom stereocenters. The van der Waals surface area contributed by atoms with Crippen LogP contribution in [-0.2, 0) is 11.2 Å². The van der Waals surface area contributed by atoms with Crippen molar-refractivity contribution in [2.45, 2.75) is 12.3 Å². The van der Waals surface area contributed by atoms with E-state index in [1.165, 1.54) is 0 Å². The summed E-state index contributed by atoms with van der Waals surface area (Å²) in [5, 5.41) is 13.2. The van der Waals surface area contributed by atoms with Gasteiger partial charge in [-0.2, -0.15) is 0 Å². The van der Waals surface area contributed by atoms with Crippen LogP contribution in [0, 0.1) is 0 Å². The van der Waals surface area contributed by atoms with Gasteiger partial charge in [0.15, 0.2) is 0 Å². The van der Waals surface area contributed by atoms with Crippen LogP contribution >= 0.6 is 15.9 Å². The number of furan rings is 1. The van der Waals surface area contributed by atoms with Crippen LogP contribution in [0.2, 0.25) is 0 Å². The number of hydrogen-bond donors (Lipinski definition) is 2. The van der Waals surface area contributed by atoms with E-state index in [0.29, 0.717) is 12.1 Å². The molecule has 1 unspecified atom stereocenters. The minimum atomic E-state index is -0.977. The van der Waals surface area contributed by atoms with E-state index in [-0.39, 0.29) is 11.5 Å². The number of nitrogens with one attached hydrogen (secondary N) is 1. The van der Waals surface area contributed by atoms with Crippen LogP contribution in [-0.4, -0.2) is 17.0 Å². The van der Waals surface area contributed by atoms with Crippen LogP contribution in [0.25, 0.3) is 22.3 Å². The Bertz CT molecular complexity index is 1490. The van der Waals surface area contributed by atoms with Crippen molar-refractivity contribution in [2.24, 2.45) is 0 Å². The second kappa shape index (κ2) is 10.2. The third-order valence-corrected chi connectivity index (χ3v) is 6.62. The highest BCUT2D eigenvalue weighted by molar-refractivity contribution is 9.10. The number of amides is 1. The highest BCUT2D eigenvalue weighted by Gasteiger charge is 2.22. The molecule has 0 bridgehead atoms. The zero-order valence-electron chi connectivity index (χ0n) is 19.1. The van der Waals surface area contributed by atoms with Crippen molar-refractivity contribution in [1.82, 2.24) is 0 Å². The van der Waals surface area contributed by atoms with E-state index >= 15 is 0 Å². The number of rotatable bonds is 7. The predicted octanol–water partition coefficient (Wildman–Crippen LogP) is 7.53. The second-order valence-electron chi connectivity index (χ2n) is 8.53. The molecule has 0 radical (unpaired) electrons. The fourth-order valence-electron chi connectivity index (χ4n) is 4.15. The van der Waals surface area contributed by atoms with Gasteiger partial charge in [-0.25, -0.2) is 4.79 Å². The summed E-state index contributed by atoms with van der Waals surface area (Å²) in [6.07, 6.45) is 0.435. The standard InChI is InChI=1S/C30H22BrNO4/c31-24-13-9-20(10-14-24)26(17-19-5-7-22(8-6-19)30(34)35)29(33)32-25-15-11-21(12-16-25)28-18-23-3-1-2-4-27(23)36-28/h1-16,18,26H,17H2,(H,32,33)(H,34,35). The molecule has 5 aromatic rings. The lowest BCUT2D eigenvalue weighted by Gasteiger charge is -2.18. The Morgan fingerprint density at radius 2 is 1.56 bits per heavy atom. The fourth-order valence-corrected chi connectivity index (χ4v) is 4.41. The molecule has 0 aliphatic rings. The smallest absolute Gasteiger partial charge is 0.335 e. The number of carboxylic acids is 1. The summed E-state index contributed by atoms with van der Waals surface area (Å²) in [7, 11) is 0. The van der Waals surface area contributed by atoms with E-state index in [9.17, 15) is 9.59 Å². The van der Waals surface area contributed by atoms with Crippen molar-refractivity contribution in [2.75, 3.05) is 5.32 Å². The molecular formula is C30H22BrNO4. The van der Waals surface area contributed by atoms with Crippen LogP contribution in [0.4, 0.5) is 5.69 Å². The molecule has 5 rings (SSSR count). The van der Waals surface area contributed by atoms with E-state index < -0.39 is 11.9 Å². The van der Waals surface area contributed by atoms with E-state index in [0.717, 1.165) is 37.9 Å².